The van der Waals surface area contributed by atoms with Crippen molar-refractivity contribution in [1.29, 1.82) is 0 Å². The SMILES string of the molecule is O=C(Nc1ccc(Oc2ccncc2)cc1)c1[nH]ccc1-c1c(Cl)cccc1Cl. The Morgan fingerprint density at radius 3 is 2.24 bits per heavy atom. The molecule has 0 atom stereocenters. The van der Waals surface area contributed by atoms with Crippen molar-refractivity contribution < 1.29 is 9.53 Å². The number of aromatic amines is 1. The Balaban J connectivity index is 1.52. The van der Waals surface area contributed by atoms with Crippen molar-refractivity contribution >= 4 is 34.8 Å². The predicted molar refractivity (Wildman–Crippen MR) is 115 cm³/mol. The molecule has 4 rings (SSSR count). The number of aromatic nitrogens is 2. The van der Waals surface area contributed by atoms with Gasteiger partial charge in [-0.05, 0) is 54.6 Å². The summed E-state index contributed by atoms with van der Waals surface area (Å²) in [4.78, 5) is 19.7. The number of ether oxygens (including phenoxy) is 1. The van der Waals surface area contributed by atoms with Gasteiger partial charge in [-0.25, -0.2) is 0 Å². The molecule has 7 heteroatoms. The van der Waals surface area contributed by atoms with Gasteiger partial charge in [0.25, 0.3) is 5.91 Å². The Kier molecular flexibility index (Phi) is 5.51. The van der Waals surface area contributed by atoms with Gasteiger partial charge in [0.1, 0.15) is 17.2 Å². The molecule has 0 saturated carbocycles. The molecule has 4 aromatic rings. The largest absolute Gasteiger partial charge is 0.457 e. The van der Waals surface area contributed by atoms with Crippen LogP contribution in [0.15, 0.2) is 79.3 Å². The number of carbonyl (C=O) groups excluding carboxylic acids is 1. The lowest BCUT2D eigenvalue weighted by molar-refractivity contribution is 0.102. The molecule has 0 aliphatic carbocycles. The number of hydrogen-bond donors (Lipinski definition) is 2. The molecule has 2 aromatic carbocycles. The molecule has 0 radical (unpaired) electrons. The first-order valence-electron chi connectivity index (χ1n) is 8.73. The highest BCUT2D eigenvalue weighted by Gasteiger charge is 2.18. The third-order valence-corrected chi connectivity index (χ3v) is 4.83. The van der Waals surface area contributed by atoms with E-state index in [1.165, 1.54) is 0 Å². The summed E-state index contributed by atoms with van der Waals surface area (Å²) in [7, 11) is 0. The molecule has 0 spiro atoms. The van der Waals surface area contributed by atoms with Crippen molar-refractivity contribution in [3.8, 4) is 22.6 Å². The first-order chi connectivity index (χ1) is 14.1. The summed E-state index contributed by atoms with van der Waals surface area (Å²) in [6.07, 6.45) is 4.99. The quantitative estimate of drug-likeness (QED) is 0.388. The second kappa shape index (κ2) is 8.39. The van der Waals surface area contributed by atoms with Crippen molar-refractivity contribution in [2.75, 3.05) is 5.32 Å². The van der Waals surface area contributed by atoms with Crippen molar-refractivity contribution in [2.45, 2.75) is 0 Å². The molecule has 0 aliphatic rings. The summed E-state index contributed by atoms with van der Waals surface area (Å²) in [6, 6.07) is 17.6. The summed E-state index contributed by atoms with van der Waals surface area (Å²) in [5.74, 6) is 1.03. The zero-order valence-electron chi connectivity index (χ0n) is 15.0. The van der Waals surface area contributed by atoms with E-state index < -0.39 is 0 Å². The molecule has 0 bridgehead atoms. The van der Waals surface area contributed by atoms with Crippen LogP contribution in [0.25, 0.3) is 11.1 Å². The van der Waals surface area contributed by atoms with E-state index in [4.69, 9.17) is 27.9 Å². The number of hydrogen-bond acceptors (Lipinski definition) is 3. The van der Waals surface area contributed by atoms with Crippen LogP contribution in [0.3, 0.4) is 0 Å². The van der Waals surface area contributed by atoms with Crippen LogP contribution < -0.4 is 10.1 Å². The lowest BCUT2D eigenvalue weighted by atomic mass is 10.1. The van der Waals surface area contributed by atoms with Gasteiger partial charge in [0.2, 0.25) is 0 Å². The number of halogens is 2. The maximum absolute atomic E-state index is 12.8. The van der Waals surface area contributed by atoms with E-state index >= 15 is 0 Å². The van der Waals surface area contributed by atoms with Gasteiger partial charge in [0, 0.05) is 45.5 Å². The average molecular weight is 424 g/mol. The second-order valence-corrected chi connectivity index (χ2v) is 6.94. The highest BCUT2D eigenvalue weighted by molar-refractivity contribution is 6.39. The summed E-state index contributed by atoms with van der Waals surface area (Å²) in [5, 5.41) is 3.81. The molecule has 2 heterocycles. The molecule has 144 valence electrons. The number of anilines is 1. The summed E-state index contributed by atoms with van der Waals surface area (Å²) in [6.45, 7) is 0. The van der Waals surface area contributed by atoms with Gasteiger partial charge >= 0.3 is 0 Å². The van der Waals surface area contributed by atoms with Crippen LogP contribution in [0, 0.1) is 0 Å². The minimum atomic E-state index is -0.302. The lowest BCUT2D eigenvalue weighted by Crippen LogP contribution is -2.13. The number of benzene rings is 2. The summed E-state index contributed by atoms with van der Waals surface area (Å²) >= 11 is 12.6. The van der Waals surface area contributed by atoms with E-state index in [1.54, 1.807) is 79.3 Å². The van der Waals surface area contributed by atoms with Crippen molar-refractivity contribution in [3.63, 3.8) is 0 Å². The van der Waals surface area contributed by atoms with Crippen molar-refractivity contribution in [2.24, 2.45) is 0 Å². The highest BCUT2D eigenvalue weighted by atomic mass is 35.5. The lowest BCUT2D eigenvalue weighted by Gasteiger charge is -2.10. The first kappa shape index (κ1) is 19.1. The molecule has 0 unspecified atom stereocenters. The minimum absolute atomic E-state index is 0.302. The third-order valence-electron chi connectivity index (χ3n) is 4.20. The van der Waals surface area contributed by atoms with E-state index in [0.717, 1.165) is 0 Å². The number of pyridine rings is 1. The van der Waals surface area contributed by atoms with Crippen molar-refractivity contribution in [1.82, 2.24) is 9.97 Å². The number of carbonyl (C=O) groups is 1. The van der Waals surface area contributed by atoms with E-state index in [9.17, 15) is 4.79 Å². The highest BCUT2D eigenvalue weighted by Crippen LogP contribution is 2.36. The smallest absolute Gasteiger partial charge is 0.272 e. The molecule has 0 aliphatic heterocycles. The van der Waals surface area contributed by atoms with E-state index in [-0.39, 0.29) is 5.91 Å². The Hall–Kier alpha value is -3.28. The zero-order valence-corrected chi connectivity index (χ0v) is 16.5. The molecule has 2 N–H and O–H groups in total. The number of H-pyrrole nitrogens is 1. The normalized spacial score (nSPS) is 10.6. The maximum Gasteiger partial charge on any atom is 0.272 e. The van der Waals surface area contributed by atoms with Gasteiger partial charge in [-0.15, -0.1) is 0 Å². The van der Waals surface area contributed by atoms with Gasteiger partial charge in [-0.1, -0.05) is 29.3 Å². The fourth-order valence-electron chi connectivity index (χ4n) is 2.86. The van der Waals surface area contributed by atoms with E-state index in [1.807, 2.05) is 0 Å². The minimum Gasteiger partial charge on any atom is -0.457 e. The van der Waals surface area contributed by atoms with Crippen LogP contribution >= 0.6 is 23.2 Å². The zero-order chi connectivity index (χ0) is 20.2. The standard InChI is InChI=1S/C22H15Cl2N3O2/c23-18-2-1-3-19(24)20(18)17-10-13-26-21(17)22(28)27-14-4-6-15(7-5-14)29-16-8-11-25-12-9-16/h1-13,26H,(H,27,28). The predicted octanol–water partition coefficient (Wildman–Crippen LogP) is 6.43. The molecule has 0 fully saturated rings. The molecule has 5 nitrogen and oxygen atoms in total. The van der Waals surface area contributed by atoms with Crippen LogP contribution in [0.1, 0.15) is 10.5 Å². The number of nitrogens with one attached hydrogen (secondary N) is 2. The van der Waals surface area contributed by atoms with Gasteiger partial charge < -0.3 is 15.0 Å². The van der Waals surface area contributed by atoms with Crippen molar-refractivity contribution in [3.05, 3.63) is 95.0 Å². The van der Waals surface area contributed by atoms with E-state index in [0.29, 0.717) is 44.1 Å². The molecular weight excluding hydrogens is 409 g/mol. The molecule has 29 heavy (non-hydrogen) atoms. The molecule has 2 aromatic heterocycles. The van der Waals surface area contributed by atoms with Crippen LogP contribution in [0.2, 0.25) is 10.0 Å². The summed E-state index contributed by atoms with van der Waals surface area (Å²) in [5.41, 5.74) is 2.25. The maximum atomic E-state index is 12.8. The van der Waals surface area contributed by atoms with Gasteiger partial charge in [-0.3, -0.25) is 9.78 Å². The Labute approximate surface area is 177 Å². The molecular formula is C22H15Cl2N3O2. The summed E-state index contributed by atoms with van der Waals surface area (Å²) < 4.78 is 5.73. The third kappa shape index (κ3) is 4.26. The Morgan fingerprint density at radius 2 is 1.55 bits per heavy atom. The second-order valence-electron chi connectivity index (χ2n) is 6.13. The van der Waals surface area contributed by atoms with E-state index in [2.05, 4.69) is 15.3 Å². The van der Waals surface area contributed by atoms with Crippen LogP contribution in [-0.2, 0) is 0 Å². The fraction of sp³-hybridized carbons (Fsp3) is 0. The number of nitrogens with zero attached hydrogens (tertiary/aromatic N) is 1. The van der Waals surface area contributed by atoms with Gasteiger partial charge in [-0.2, -0.15) is 0 Å². The van der Waals surface area contributed by atoms with Gasteiger partial charge in [0.05, 0.1) is 0 Å². The topological polar surface area (TPSA) is 67.0 Å². The molecule has 0 saturated heterocycles. The van der Waals surface area contributed by atoms with Gasteiger partial charge in [0.15, 0.2) is 0 Å². The Bertz CT molecular complexity index is 1120. The Morgan fingerprint density at radius 1 is 0.897 bits per heavy atom. The van der Waals surface area contributed by atoms with Crippen LogP contribution in [-0.4, -0.2) is 15.9 Å². The number of rotatable bonds is 5. The number of amides is 1. The van der Waals surface area contributed by atoms with Crippen LogP contribution in [0.5, 0.6) is 11.5 Å². The molecule has 1 amide bonds. The fourth-order valence-corrected chi connectivity index (χ4v) is 3.46. The van der Waals surface area contributed by atoms with Crippen LogP contribution in [0.4, 0.5) is 5.69 Å². The average Bonchev–Trinajstić information content (AvgIpc) is 3.20. The first-order valence-corrected chi connectivity index (χ1v) is 9.48. The monoisotopic (exact) mass is 423 g/mol.